The van der Waals surface area contributed by atoms with E-state index in [1.54, 1.807) is 30.3 Å². The van der Waals surface area contributed by atoms with Crippen molar-refractivity contribution in [3.05, 3.63) is 65.5 Å². The topological polar surface area (TPSA) is 81.4 Å². The molecule has 0 aliphatic carbocycles. The highest BCUT2D eigenvalue weighted by Gasteiger charge is 2.30. The molecule has 1 heterocycles. The van der Waals surface area contributed by atoms with Gasteiger partial charge in [-0.3, -0.25) is 9.59 Å². The highest BCUT2D eigenvalue weighted by Crippen LogP contribution is 2.31. The van der Waals surface area contributed by atoms with Gasteiger partial charge in [-0.1, -0.05) is 30.3 Å². The molecule has 2 aromatic rings. The lowest BCUT2D eigenvalue weighted by molar-refractivity contribution is -0.124. The molecule has 0 bridgehead atoms. The molecule has 25 heavy (non-hydrogen) atoms. The monoisotopic (exact) mass is 336 g/mol. The predicted octanol–water partition coefficient (Wildman–Crippen LogP) is 2.67. The van der Waals surface area contributed by atoms with Crippen molar-refractivity contribution in [1.82, 2.24) is 4.90 Å². The summed E-state index contributed by atoms with van der Waals surface area (Å²) in [5.74, 6) is -2.65. The maximum absolute atomic E-state index is 14.3. The van der Waals surface area contributed by atoms with Gasteiger partial charge in [0, 0.05) is 17.7 Å². The van der Waals surface area contributed by atoms with E-state index in [4.69, 9.17) is 5.26 Å². The summed E-state index contributed by atoms with van der Waals surface area (Å²) in [5, 5.41) is 18.5. The Labute approximate surface area is 143 Å². The van der Waals surface area contributed by atoms with Gasteiger partial charge in [0.1, 0.15) is 6.54 Å². The molecule has 0 unspecified atom stereocenters. The van der Waals surface area contributed by atoms with E-state index in [9.17, 15) is 19.1 Å². The largest absolute Gasteiger partial charge is 0.505 e. The molecule has 0 fully saturated rings. The lowest BCUT2D eigenvalue weighted by Crippen LogP contribution is -2.29. The molecule has 5 nitrogen and oxygen atoms in total. The second-order valence-electron chi connectivity index (χ2n) is 5.51. The third kappa shape index (κ3) is 3.00. The van der Waals surface area contributed by atoms with Gasteiger partial charge >= 0.3 is 0 Å². The number of phenolic OH excluding ortho intramolecular Hbond substituents is 1. The molecule has 0 aromatic heterocycles. The average Bonchev–Trinajstić information content (AvgIpc) is 2.98. The minimum Gasteiger partial charge on any atom is -0.505 e. The van der Waals surface area contributed by atoms with Crippen LogP contribution in [-0.2, 0) is 4.79 Å². The van der Waals surface area contributed by atoms with Crippen molar-refractivity contribution < 1.29 is 19.1 Å². The van der Waals surface area contributed by atoms with Crippen molar-refractivity contribution >= 4 is 11.7 Å². The molecule has 6 heteroatoms. The normalized spacial score (nSPS) is 13.5. The van der Waals surface area contributed by atoms with Gasteiger partial charge in [-0.05, 0) is 23.8 Å². The molecule has 3 rings (SSSR count). The second-order valence-corrected chi connectivity index (χ2v) is 5.51. The summed E-state index contributed by atoms with van der Waals surface area (Å²) in [6.07, 6.45) is 1.44. The fourth-order valence-corrected chi connectivity index (χ4v) is 2.68. The summed E-state index contributed by atoms with van der Waals surface area (Å²) in [6.45, 7) is 0.0578. The number of nitriles is 1. The van der Waals surface area contributed by atoms with Gasteiger partial charge in [0.2, 0.25) is 0 Å². The Balaban J connectivity index is 1.99. The summed E-state index contributed by atoms with van der Waals surface area (Å²) in [5.41, 5.74) is 0.503. The van der Waals surface area contributed by atoms with Crippen molar-refractivity contribution in [2.45, 2.75) is 0 Å². The zero-order valence-corrected chi connectivity index (χ0v) is 13.1. The van der Waals surface area contributed by atoms with E-state index < -0.39 is 23.3 Å². The standard InChI is InChI=1S/C19H13FN2O3/c20-17-15(12-4-2-1-3-5-12)10-13(11-16(17)23)18(24)14-6-8-22(9-7-21)19(14)25/h1-6,10-11,23H,8-9H2. The Morgan fingerprint density at radius 1 is 1.28 bits per heavy atom. The smallest absolute Gasteiger partial charge is 0.258 e. The molecule has 0 atom stereocenters. The number of Topliss-reactive ketones (excluding diaryl/α,β-unsaturated/α-hetero) is 1. The van der Waals surface area contributed by atoms with E-state index in [0.717, 1.165) is 6.07 Å². The number of ketones is 1. The van der Waals surface area contributed by atoms with Gasteiger partial charge in [-0.15, -0.1) is 0 Å². The summed E-state index contributed by atoms with van der Waals surface area (Å²) in [4.78, 5) is 26.0. The lowest BCUT2D eigenvalue weighted by Gasteiger charge is -2.12. The molecule has 0 radical (unpaired) electrons. The first kappa shape index (κ1) is 16.4. The van der Waals surface area contributed by atoms with Crippen molar-refractivity contribution in [2.24, 2.45) is 0 Å². The number of nitrogens with zero attached hydrogens (tertiary/aromatic N) is 2. The van der Waals surface area contributed by atoms with Crippen LogP contribution in [0.4, 0.5) is 4.39 Å². The first-order valence-electron chi connectivity index (χ1n) is 7.52. The number of rotatable bonds is 4. The summed E-state index contributed by atoms with van der Waals surface area (Å²) in [7, 11) is 0. The van der Waals surface area contributed by atoms with Crippen LogP contribution in [0.2, 0.25) is 0 Å². The molecular formula is C19H13FN2O3. The number of hydrogen-bond acceptors (Lipinski definition) is 4. The Morgan fingerprint density at radius 2 is 2.00 bits per heavy atom. The minimum atomic E-state index is -0.833. The van der Waals surface area contributed by atoms with Gasteiger partial charge in [-0.2, -0.15) is 5.26 Å². The van der Waals surface area contributed by atoms with Crippen LogP contribution in [-0.4, -0.2) is 34.8 Å². The number of phenols is 1. The fraction of sp³-hybridized carbons (Fsp3) is 0.105. The molecule has 1 N–H and O–H groups in total. The molecule has 0 saturated carbocycles. The highest BCUT2D eigenvalue weighted by atomic mass is 19.1. The van der Waals surface area contributed by atoms with E-state index in [1.165, 1.54) is 17.0 Å². The molecule has 1 aliphatic heterocycles. The zero-order valence-electron chi connectivity index (χ0n) is 13.1. The van der Waals surface area contributed by atoms with E-state index in [2.05, 4.69) is 0 Å². The first-order valence-corrected chi connectivity index (χ1v) is 7.52. The fourth-order valence-electron chi connectivity index (χ4n) is 2.68. The predicted molar refractivity (Wildman–Crippen MR) is 88.1 cm³/mol. The second kappa shape index (κ2) is 6.57. The number of benzene rings is 2. The maximum Gasteiger partial charge on any atom is 0.258 e. The molecular weight excluding hydrogens is 323 g/mol. The Morgan fingerprint density at radius 3 is 2.68 bits per heavy atom. The third-order valence-electron chi connectivity index (χ3n) is 3.94. The molecule has 1 amide bonds. The van der Waals surface area contributed by atoms with Crippen LogP contribution in [0.15, 0.2) is 54.1 Å². The lowest BCUT2D eigenvalue weighted by atomic mass is 9.97. The van der Waals surface area contributed by atoms with Crippen molar-refractivity contribution in [2.75, 3.05) is 13.1 Å². The van der Waals surface area contributed by atoms with E-state index in [1.807, 2.05) is 6.07 Å². The van der Waals surface area contributed by atoms with Crippen LogP contribution >= 0.6 is 0 Å². The molecule has 0 saturated heterocycles. The number of carbonyl (C=O) groups excluding carboxylic acids is 2. The number of hydrogen-bond donors (Lipinski definition) is 1. The summed E-state index contributed by atoms with van der Waals surface area (Å²) in [6, 6.07) is 12.7. The van der Waals surface area contributed by atoms with Gasteiger partial charge in [0.15, 0.2) is 17.3 Å². The van der Waals surface area contributed by atoms with Crippen LogP contribution < -0.4 is 0 Å². The van der Waals surface area contributed by atoms with Gasteiger partial charge in [-0.25, -0.2) is 4.39 Å². The average molecular weight is 336 g/mol. The van der Waals surface area contributed by atoms with Crippen molar-refractivity contribution in [1.29, 1.82) is 5.26 Å². The van der Waals surface area contributed by atoms with Crippen molar-refractivity contribution in [3.8, 4) is 22.9 Å². The molecule has 0 spiro atoms. The van der Waals surface area contributed by atoms with Gasteiger partial charge < -0.3 is 10.0 Å². The van der Waals surface area contributed by atoms with E-state index >= 15 is 0 Å². The number of amides is 1. The zero-order chi connectivity index (χ0) is 18.0. The number of carbonyl (C=O) groups is 2. The Bertz CT molecular complexity index is 930. The van der Waals surface area contributed by atoms with Crippen LogP contribution in [0.5, 0.6) is 5.75 Å². The van der Waals surface area contributed by atoms with E-state index in [0.29, 0.717) is 5.56 Å². The number of aromatic hydroxyl groups is 1. The third-order valence-corrected chi connectivity index (χ3v) is 3.94. The van der Waals surface area contributed by atoms with Crippen LogP contribution in [0, 0.1) is 17.1 Å². The quantitative estimate of drug-likeness (QED) is 0.529. The molecule has 124 valence electrons. The van der Waals surface area contributed by atoms with Gasteiger partial charge in [0.05, 0.1) is 11.6 Å². The summed E-state index contributed by atoms with van der Waals surface area (Å²) < 4.78 is 14.3. The SMILES string of the molecule is N#CCN1CC=C(C(=O)c2cc(O)c(F)c(-c3ccccc3)c2)C1=O. The molecule has 1 aliphatic rings. The Hall–Kier alpha value is -3.46. The highest BCUT2D eigenvalue weighted by molar-refractivity contribution is 6.26. The molecule has 2 aromatic carbocycles. The van der Waals surface area contributed by atoms with E-state index in [-0.39, 0.29) is 29.8 Å². The first-order chi connectivity index (χ1) is 12.0. The van der Waals surface area contributed by atoms with Crippen LogP contribution in [0.1, 0.15) is 10.4 Å². The summed E-state index contributed by atoms with van der Waals surface area (Å²) >= 11 is 0. The Kier molecular flexibility index (Phi) is 4.31. The van der Waals surface area contributed by atoms with Crippen LogP contribution in [0.25, 0.3) is 11.1 Å². The maximum atomic E-state index is 14.3. The minimum absolute atomic E-state index is 0.0103. The van der Waals surface area contributed by atoms with Crippen molar-refractivity contribution in [3.63, 3.8) is 0 Å². The number of halogens is 1. The van der Waals surface area contributed by atoms with Crippen LogP contribution in [0.3, 0.4) is 0 Å². The van der Waals surface area contributed by atoms with Gasteiger partial charge in [0.25, 0.3) is 5.91 Å².